The number of nitrogens with one attached hydrogen (secondary N) is 1. The van der Waals surface area contributed by atoms with E-state index in [0.717, 1.165) is 37.1 Å². The zero-order valence-electron chi connectivity index (χ0n) is 14.0. The zero-order chi connectivity index (χ0) is 15.8. The van der Waals surface area contributed by atoms with Gasteiger partial charge < -0.3 is 14.6 Å². The Labute approximate surface area is 138 Å². The maximum atomic E-state index is 12.6. The summed E-state index contributed by atoms with van der Waals surface area (Å²) in [5.41, 5.74) is 0. The second-order valence-corrected chi connectivity index (χ2v) is 7.38. The minimum absolute atomic E-state index is 0.115. The number of rotatable bonds is 4. The van der Waals surface area contributed by atoms with E-state index in [1.165, 1.54) is 32.1 Å². The SMILES string of the molecule is Cc1ccc([C@@H](CNC(=O)N2C[C@H]3CC[C@H]2C3)N2CCCC2)o1. The highest BCUT2D eigenvalue weighted by Gasteiger charge is 2.40. The van der Waals surface area contributed by atoms with Gasteiger partial charge in [-0.3, -0.25) is 4.90 Å². The van der Waals surface area contributed by atoms with Crippen LogP contribution < -0.4 is 5.32 Å². The molecule has 3 atom stereocenters. The van der Waals surface area contributed by atoms with Crippen molar-refractivity contribution in [3.05, 3.63) is 23.7 Å². The number of amides is 2. The van der Waals surface area contributed by atoms with Crippen molar-refractivity contribution in [2.45, 2.75) is 51.1 Å². The van der Waals surface area contributed by atoms with Gasteiger partial charge in [0.2, 0.25) is 0 Å². The molecule has 126 valence electrons. The summed E-state index contributed by atoms with van der Waals surface area (Å²) in [7, 11) is 0. The second-order valence-electron chi connectivity index (χ2n) is 7.38. The molecule has 3 fully saturated rings. The van der Waals surface area contributed by atoms with Gasteiger partial charge in [0.15, 0.2) is 0 Å². The lowest BCUT2D eigenvalue weighted by atomic mass is 10.1. The summed E-state index contributed by atoms with van der Waals surface area (Å²) < 4.78 is 5.86. The van der Waals surface area contributed by atoms with E-state index in [9.17, 15) is 4.79 Å². The minimum atomic E-state index is 0.115. The Bertz CT molecular complexity index is 564. The fourth-order valence-corrected chi connectivity index (χ4v) is 4.55. The van der Waals surface area contributed by atoms with Crippen molar-refractivity contribution in [3.8, 4) is 0 Å². The zero-order valence-corrected chi connectivity index (χ0v) is 14.0. The number of urea groups is 1. The number of hydrogen-bond donors (Lipinski definition) is 1. The van der Waals surface area contributed by atoms with Crippen LogP contribution in [0.5, 0.6) is 0 Å². The number of carbonyl (C=O) groups excluding carboxylic acids is 1. The molecule has 3 aliphatic rings. The third-order valence-electron chi connectivity index (χ3n) is 5.79. The van der Waals surface area contributed by atoms with Crippen molar-refractivity contribution < 1.29 is 9.21 Å². The third kappa shape index (κ3) is 2.99. The van der Waals surface area contributed by atoms with Crippen LogP contribution in [0.2, 0.25) is 0 Å². The number of carbonyl (C=O) groups is 1. The smallest absolute Gasteiger partial charge is 0.317 e. The summed E-state index contributed by atoms with van der Waals surface area (Å²) in [6, 6.07) is 4.83. The summed E-state index contributed by atoms with van der Waals surface area (Å²) >= 11 is 0. The van der Waals surface area contributed by atoms with Crippen LogP contribution in [0.25, 0.3) is 0 Å². The second kappa shape index (κ2) is 6.19. The molecule has 5 nitrogen and oxygen atoms in total. The monoisotopic (exact) mass is 317 g/mol. The molecule has 23 heavy (non-hydrogen) atoms. The Hall–Kier alpha value is -1.49. The summed E-state index contributed by atoms with van der Waals surface area (Å²) in [6.07, 6.45) is 6.17. The maximum Gasteiger partial charge on any atom is 0.317 e. The first-order valence-electron chi connectivity index (χ1n) is 9.05. The number of nitrogens with zero attached hydrogens (tertiary/aromatic N) is 2. The molecule has 0 unspecified atom stereocenters. The molecule has 1 aromatic heterocycles. The molecule has 2 bridgehead atoms. The number of fused-ring (bicyclic) bond motifs is 2. The Morgan fingerprint density at radius 1 is 1.35 bits per heavy atom. The standard InChI is InChI=1S/C18H27N3O2/c1-13-4-7-17(23-13)16(20-8-2-3-9-20)11-19-18(22)21-12-14-5-6-15(21)10-14/h4,7,14-16H,2-3,5-6,8-12H2,1H3,(H,19,22)/t14-,15-,16+/m0/s1. The minimum Gasteiger partial charge on any atom is -0.465 e. The van der Waals surface area contributed by atoms with Crippen molar-refractivity contribution in [2.75, 3.05) is 26.2 Å². The fourth-order valence-electron chi connectivity index (χ4n) is 4.55. The molecule has 1 aromatic rings. The summed E-state index contributed by atoms with van der Waals surface area (Å²) in [4.78, 5) is 17.1. The molecular formula is C18H27N3O2. The molecule has 2 aliphatic heterocycles. The van der Waals surface area contributed by atoms with E-state index < -0.39 is 0 Å². The van der Waals surface area contributed by atoms with Crippen LogP contribution in [0.1, 0.15) is 49.7 Å². The maximum absolute atomic E-state index is 12.6. The molecule has 5 heteroatoms. The van der Waals surface area contributed by atoms with E-state index >= 15 is 0 Å². The van der Waals surface area contributed by atoms with Crippen molar-refractivity contribution in [1.29, 1.82) is 0 Å². The van der Waals surface area contributed by atoms with Gasteiger partial charge in [-0.2, -0.15) is 0 Å². The van der Waals surface area contributed by atoms with E-state index in [-0.39, 0.29) is 12.1 Å². The Morgan fingerprint density at radius 3 is 2.78 bits per heavy atom. The first-order chi connectivity index (χ1) is 11.2. The lowest BCUT2D eigenvalue weighted by molar-refractivity contribution is 0.169. The highest BCUT2D eigenvalue weighted by molar-refractivity contribution is 5.75. The van der Waals surface area contributed by atoms with Gasteiger partial charge >= 0.3 is 6.03 Å². The molecule has 0 spiro atoms. The molecule has 2 saturated heterocycles. The summed E-state index contributed by atoms with van der Waals surface area (Å²) in [5, 5.41) is 3.18. The van der Waals surface area contributed by atoms with Gasteiger partial charge in [-0.25, -0.2) is 4.79 Å². The van der Waals surface area contributed by atoms with Crippen LogP contribution >= 0.6 is 0 Å². The van der Waals surface area contributed by atoms with Gasteiger partial charge in [-0.15, -0.1) is 0 Å². The quantitative estimate of drug-likeness (QED) is 0.929. The van der Waals surface area contributed by atoms with E-state index in [2.05, 4.69) is 21.2 Å². The van der Waals surface area contributed by atoms with Crippen molar-refractivity contribution in [2.24, 2.45) is 5.92 Å². The third-order valence-corrected chi connectivity index (χ3v) is 5.79. The van der Waals surface area contributed by atoms with Crippen LogP contribution in [0, 0.1) is 12.8 Å². The molecule has 0 radical (unpaired) electrons. The average molecular weight is 317 g/mol. The molecule has 1 saturated carbocycles. The summed E-state index contributed by atoms with van der Waals surface area (Å²) in [5.74, 6) is 2.66. The first-order valence-corrected chi connectivity index (χ1v) is 9.05. The van der Waals surface area contributed by atoms with Crippen LogP contribution in [0.3, 0.4) is 0 Å². The normalized spacial score (nSPS) is 28.5. The van der Waals surface area contributed by atoms with Crippen molar-refractivity contribution >= 4 is 6.03 Å². The van der Waals surface area contributed by atoms with Crippen LogP contribution in [0.15, 0.2) is 16.5 Å². The number of likely N-dealkylation sites (tertiary alicyclic amines) is 2. The van der Waals surface area contributed by atoms with E-state index in [0.29, 0.717) is 12.6 Å². The van der Waals surface area contributed by atoms with Crippen LogP contribution in [-0.4, -0.2) is 48.1 Å². The average Bonchev–Trinajstić information content (AvgIpc) is 3.32. The molecular weight excluding hydrogens is 290 g/mol. The van der Waals surface area contributed by atoms with Gasteiger partial charge in [0.05, 0.1) is 6.04 Å². The molecule has 4 rings (SSSR count). The molecule has 1 aliphatic carbocycles. The topological polar surface area (TPSA) is 48.7 Å². The van der Waals surface area contributed by atoms with Gasteiger partial charge in [-0.05, 0) is 70.2 Å². The predicted octanol–water partition coefficient (Wildman–Crippen LogP) is 2.92. The largest absolute Gasteiger partial charge is 0.465 e. The van der Waals surface area contributed by atoms with Crippen LogP contribution in [0.4, 0.5) is 4.79 Å². The molecule has 0 aromatic carbocycles. The number of furan rings is 1. The van der Waals surface area contributed by atoms with Crippen molar-refractivity contribution in [3.63, 3.8) is 0 Å². The van der Waals surface area contributed by atoms with Gasteiger partial charge in [0.1, 0.15) is 11.5 Å². The fraction of sp³-hybridized carbons (Fsp3) is 0.722. The Morgan fingerprint density at radius 2 is 2.17 bits per heavy atom. The van der Waals surface area contributed by atoms with Crippen molar-refractivity contribution in [1.82, 2.24) is 15.1 Å². The summed E-state index contributed by atoms with van der Waals surface area (Å²) in [6.45, 7) is 5.75. The lowest BCUT2D eigenvalue weighted by Crippen LogP contribution is -2.46. The number of aryl methyl sites for hydroxylation is 1. The van der Waals surface area contributed by atoms with Gasteiger partial charge in [-0.1, -0.05) is 0 Å². The number of piperidine rings is 1. The van der Waals surface area contributed by atoms with E-state index in [1.54, 1.807) is 0 Å². The first kappa shape index (κ1) is 15.1. The van der Waals surface area contributed by atoms with Gasteiger partial charge in [0.25, 0.3) is 0 Å². The van der Waals surface area contributed by atoms with E-state index in [1.807, 2.05) is 13.0 Å². The molecule has 2 amide bonds. The van der Waals surface area contributed by atoms with Gasteiger partial charge in [0, 0.05) is 19.1 Å². The predicted molar refractivity (Wildman–Crippen MR) is 88.2 cm³/mol. The Balaban J connectivity index is 1.40. The Kier molecular flexibility index (Phi) is 4.05. The van der Waals surface area contributed by atoms with Crippen LogP contribution in [-0.2, 0) is 0 Å². The lowest BCUT2D eigenvalue weighted by Gasteiger charge is -2.30. The number of hydrogen-bond acceptors (Lipinski definition) is 3. The van der Waals surface area contributed by atoms with E-state index in [4.69, 9.17) is 4.42 Å². The highest BCUT2D eigenvalue weighted by atomic mass is 16.3. The highest BCUT2D eigenvalue weighted by Crippen LogP contribution is 2.37. The molecule has 1 N–H and O–H groups in total. The molecule has 3 heterocycles.